The molecule has 1 aliphatic carbocycles. The first-order chi connectivity index (χ1) is 9.85. The minimum Gasteiger partial charge on any atom is -0.381 e. The van der Waals surface area contributed by atoms with E-state index in [1.54, 1.807) is 0 Å². The zero-order valence-electron chi connectivity index (χ0n) is 13.4. The molecule has 1 N–H and O–H groups in total. The molecule has 2 rings (SSSR count). The van der Waals surface area contributed by atoms with E-state index in [-0.39, 0.29) is 0 Å². The predicted octanol–water partition coefficient (Wildman–Crippen LogP) is 3.38. The first kappa shape index (κ1) is 16.3. The SMILES string of the molecule is CCCNC(COC1CCCCC1CC)C1CCOC1. The Hall–Kier alpha value is -0.120. The molecule has 0 aromatic heterocycles. The van der Waals surface area contributed by atoms with Crippen LogP contribution in [0.3, 0.4) is 0 Å². The maximum atomic E-state index is 6.34. The van der Waals surface area contributed by atoms with E-state index in [0.717, 1.165) is 32.3 Å². The first-order valence-corrected chi connectivity index (χ1v) is 8.77. The van der Waals surface area contributed by atoms with Crippen LogP contribution in [-0.2, 0) is 9.47 Å². The van der Waals surface area contributed by atoms with Gasteiger partial charge in [-0.1, -0.05) is 33.1 Å². The third-order valence-electron chi connectivity index (χ3n) is 5.04. The number of rotatable bonds is 8. The van der Waals surface area contributed by atoms with E-state index in [9.17, 15) is 0 Å². The quantitative estimate of drug-likeness (QED) is 0.741. The van der Waals surface area contributed by atoms with Gasteiger partial charge in [-0.05, 0) is 38.1 Å². The van der Waals surface area contributed by atoms with Crippen LogP contribution in [0.1, 0.15) is 58.8 Å². The molecule has 1 saturated heterocycles. The lowest BCUT2D eigenvalue weighted by Crippen LogP contribution is -2.43. The van der Waals surface area contributed by atoms with Crippen molar-refractivity contribution in [3.8, 4) is 0 Å². The molecule has 2 aliphatic rings. The van der Waals surface area contributed by atoms with Crippen molar-refractivity contribution in [2.75, 3.05) is 26.4 Å². The Labute approximate surface area is 124 Å². The Morgan fingerprint density at radius 1 is 1.20 bits per heavy atom. The van der Waals surface area contributed by atoms with Crippen LogP contribution in [0.5, 0.6) is 0 Å². The third kappa shape index (κ3) is 4.71. The molecular formula is C17H33NO2. The molecule has 1 heterocycles. The highest BCUT2D eigenvalue weighted by atomic mass is 16.5. The van der Waals surface area contributed by atoms with Crippen molar-refractivity contribution < 1.29 is 9.47 Å². The number of ether oxygens (including phenoxy) is 2. The van der Waals surface area contributed by atoms with Gasteiger partial charge in [-0.15, -0.1) is 0 Å². The summed E-state index contributed by atoms with van der Waals surface area (Å²) in [6.07, 6.45) is 9.51. The minimum absolute atomic E-state index is 0.483. The number of hydrogen-bond donors (Lipinski definition) is 1. The first-order valence-electron chi connectivity index (χ1n) is 8.77. The van der Waals surface area contributed by atoms with Gasteiger partial charge in [-0.3, -0.25) is 0 Å². The van der Waals surface area contributed by atoms with Crippen LogP contribution in [-0.4, -0.2) is 38.5 Å². The minimum atomic E-state index is 0.483. The fourth-order valence-electron chi connectivity index (χ4n) is 3.65. The van der Waals surface area contributed by atoms with Gasteiger partial charge < -0.3 is 14.8 Å². The normalized spacial score (nSPS) is 32.4. The molecule has 1 saturated carbocycles. The van der Waals surface area contributed by atoms with E-state index >= 15 is 0 Å². The molecule has 3 heteroatoms. The molecule has 2 fully saturated rings. The maximum Gasteiger partial charge on any atom is 0.0627 e. The highest BCUT2D eigenvalue weighted by Gasteiger charge is 2.29. The van der Waals surface area contributed by atoms with Crippen LogP contribution in [0.15, 0.2) is 0 Å². The summed E-state index contributed by atoms with van der Waals surface area (Å²) < 4.78 is 11.9. The summed E-state index contributed by atoms with van der Waals surface area (Å²) in [6.45, 7) is 8.33. The average molecular weight is 283 g/mol. The highest BCUT2D eigenvalue weighted by Crippen LogP contribution is 2.29. The molecule has 118 valence electrons. The molecule has 0 spiro atoms. The standard InChI is InChI=1S/C17H33NO2/c1-3-10-18-16(15-9-11-19-12-15)13-20-17-8-6-5-7-14(17)4-2/h14-18H,3-13H2,1-2H3. The van der Waals surface area contributed by atoms with Gasteiger partial charge in [0, 0.05) is 18.6 Å². The van der Waals surface area contributed by atoms with Crippen LogP contribution in [0.25, 0.3) is 0 Å². The molecule has 0 aromatic rings. The average Bonchev–Trinajstić information content (AvgIpc) is 3.02. The lowest BCUT2D eigenvalue weighted by Gasteiger charge is -2.33. The Bertz CT molecular complexity index is 253. The van der Waals surface area contributed by atoms with Crippen LogP contribution in [0, 0.1) is 11.8 Å². The van der Waals surface area contributed by atoms with Crippen LogP contribution in [0.4, 0.5) is 0 Å². The summed E-state index contributed by atoms with van der Waals surface area (Å²) in [7, 11) is 0. The van der Waals surface area contributed by atoms with Crippen molar-refractivity contribution >= 4 is 0 Å². The molecule has 3 nitrogen and oxygen atoms in total. The van der Waals surface area contributed by atoms with Gasteiger partial charge in [-0.2, -0.15) is 0 Å². The van der Waals surface area contributed by atoms with Crippen LogP contribution >= 0.6 is 0 Å². The van der Waals surface area contributed by atoms with Gasteiger partial charge in [0.15, 0.2) is 0 Å². The monoisotopic (exact) mass is 283 g/mol. The molecular weight excluding hydrogens is 250 g/mol. The Morgan fingerprint density at radius 3 is 2.75 bits per heavy atom. The molecule has 4 atom stereocenters. The van der Waals surface area contributed by atoms with E-state index in [1.165, 1.54) is 44.9 Å². The largest absolute Gasteiger partial charge is 0.381 e. The van der Waals surface area contributed by atoms with E-state index in [4.69, 9.17) is 9.47 Å². The summed E-state index contributed by atoms with van der Waals surface area (Å²) >= 11 is 0. The van der Waals surface area contributed by atoms with Crippen molar-refractivity contribution in [3.63, 3.8) is 0 Å². The van der Waals surface area contributed by atoms with E-state index in [0.29, 0.717) is 18.1 Å². The van der Waals surface area contributed by atoms with Crippen molar-refractivity contribution in [1.82, 2.24) is 5.32 Å². The van der Waals surface area contributed by atoms with Crippen LogP contribution < -0.4 is 5.32 Å². The zero-order valence-corrected chi connectivity index (χ0v) is 13.4. The number of hydrogen-bond acceptors (Lipinski definition) is 3. The van der Waals surface area contributed by atoms with Gasteiger partial charge in [0.05, 0.1) is 19.3 Å². The topological polar surface area (TPSA) is 30.5 Å². The van der Waals surface area contributed by atoms with Gasteiger partial charge in [-0.25, -0.2) is 0 Å². The zero-order chi connectivity index (χ0) is 14.2. The Morgan fingerprint density at radius 2 is 2.05 bits per heavy atom. The van der Waals surface area contributed by atoms with Crippen molar-refractivity contribution in [1.29, 1.82) is 0 Å². The molecule has 1 aliphatic heterocycles. The van der Waals surface area contributed by atoms with Gasteiger partial charge >= 0.3 is 0 Å². The Kier molecular flexibility index (Phi) is 7.32. The molecule has 0 radical (unpaired) electrons. The van der Waals surface area contributed by atoms with Gasteiger partial charge in [0.1, 0.15) is 0 Å². The van der Waals surface area contributed by atoms with Crippen molar-refractivity contribution in [2.45, 2.75) is 70.9 Å². The fourth-order valence-corrected chi connectivity index (χ4v) is 3.65. The second kappa shape index (κ2) is 9.01. The summed E-state index contributed by atoms with van der Waals surface area (Å²) in [4.78, 5) is 0. The maximum absolute atomic E-state index is 6.34. The smallest absolute Gasteiger partial charge is 0.0627 e. The molecule has 0 aromatic carbocycles. The fraction of sp³-hybridized carbons (Fsp3) is 1.00. The van der Waals surface area contributed by atoms with Gasteiger partial charge in [0.25, 0.3) is 0 Å². The van der Waals surface area contributed by atoms with Gasteiger partial charge in [0.2, 0.25) is 0 Å². The number of nitrogens with one attached hydrogen (secondary N) is 1. The lowest BCUT2D eigenvalue weighted by molar-refractivity contribution is -0.0283. The third-order valence-corrected chi connectivity index (χ3v) is 5.04. The van der Waals surface area contributed by atoms with E-state index in [1.807, 2.05) is 0 Å². The van der Waals surface area contributed by atoms with E-state index < -0.39 is 0 Å². The molecule has 20 heavy (non-hydrogen) atoms. The predicted molar refractivity (Wildman–Crippen MR) is 83.0 cm³/mol. The summed E-state index contributed by atoms with van der Waals surface area (Å²) in [5, 5.41) is 3.68. The summed E-state index contributed by atoms with van der Waals surface area (Å²) in [5.41, 5.74) is 0. The molecule has 0 bridgehead atoms. The molecule has 0 amide bonds. The van der Waals surface area contributed by atoms with Crippen molar-refractivity contribution in [2.24, 2.45) is 11.8 Å². The second-order valence-electron chi connectivity index (χ2n) is 6.51. The van der Waals surface area contributed by atoms with E-state index in [2.05, 4.69) is 19.2 Å². The summed E-state index contributed by atoms with van der Waals surface area (Å²) in [5.74, 6) is 1.43. The molecule has 4 unspecified atom stereocenters. The van der Waals surface area contributed by atoms with Crippen LogP contribution in [0.2, 0.25) is 0 Å². The van der Waals surface area contributed by atoms with Crippen molar-refractivity contribution in [3.05, 3.63) is 0 Å². The highest BCUT2D eigenvalue weighted by molar-refractivity contribution is 4.81. The summed E-state index contributed by atoms with van der Waals surface area (Å²) in [6, 6.07) is 0.483. The second-order valence-corrected chi connectivity index (χ2v) is 6.51. The Balaban J connectivity index is 1.80. The lowest BCUT2D eigenvalue weighted by atomic mass is 9.84.